The monoisotopic (exact) mass is 258 g/mol. The fraction of sp³-hybridized carbons (Fsp3) is 0.562. The van der Waals surface area contributed by atoms with Gasteiger partial charge in [-0.1, -0.05) is 17.7 Å². The summed E-state index contributed by atoms with van der Waals surface area (Å²) >= 11 is 0. The third-order valence-corrected chi connectivity index (χ3v) is 4.21. The zero-order chi connectivity index (χ0) is 13.2. The van der Waals surface area contributed by atoms with Crippen LogP contribution in [0.25, 0.3) is 0 Å². The largest absolute Gasteiger partial charge is 0.349 e. The van der Waals surface area contributed by atoms with Crippen LogP contribution in [0.15, 0.2) is 24.3 Å². The first-order valence-corrected chi connectivity index (χ1v) is 7.34. The van der Waals surface area contributed by atoms with Gasteiger partial charge in [0.05, 0.1) is 0 Å². The topological polar surface area (TPSA) is 32.3 Å². The number of rotatable bonds is 3. The van der Waals surface area contributed by atoms with Crippen molar-refractivity contribution in [3.8, 4) is 0 Å². The van der Waals surface area contributed by atoms with Gasteiger partial charge in [-0.3, -0.25) is 4.79 Å². The zero-order valence-electron chi connectivity index (χ0n) is 11.6. The van der Waals surface area contributed by atoms with Gasteiger partial charge in [-0.15, -0.1) is 0 Å². The molecule has 0 radical (unpaired) electrons. The fourth-order valence-electron chi connectivity index (χ4n) is 2.90. The second kappa shape index (κ2) is 5.33. The first kappa shape index (κ1) is 12.7. The molecule has 1 heterocycles. The highest BCUT2D eigenvalue weighted by Gasteiger charge is 2.32. The summed E-state index contributed by atoms with van der Waals surface area (Å²) in [6, 6.07) is 9.01. The number of benzene rings is 1. The molecule has 1 aromatic carbocycles. The lowest BCUT2D eigenvalue weighted by atomic mass is 10.0. The highest BCUT2D eigenvalue weighted by Crippen LogP contribution is 2.29. The Labute approximate surface area is 115 Å². The summed E-state index contributed by atoms with van der Waals surface area (Å²) in [5.74, 6) is 0.0774. The Morgan fingerprint density at radius 2 is 1.95 bits per heavy atom. The van der Waals surface area contributed by atoms with E-state index in [0.29, 0.717) is 6.04 Å². The van der Waals surface area contributed by atoms with Gasteiger partial charge < -0.3 is 10.2 Å². The van der Waals surface area contributed by atoms with Crippen LogP contribution < -0.4 is 5.32 Å². The molecule has 1 saturated carbocycles. The summed E-state index contributed by atoms with van der Waals surface area (Å²) in [7, 11) is 0. The van der Waals surface area contributed by atoms with E-state index in [1.807, 2.05) is 31.2 Å². The maximum Gasteiger partial charge on any atom is 0.251 e. The molecule has 102 valence electrons. The van der Waals surface area contributed by atoms with E-state index in [-0.39, 0.29) is 5.91 Å². The van der Waals surface area contributed by atoms with E-state index < -0.39 is 0 Å². The Bertz CT molecular complexity index is 460. The number of likely N-dealkylation sites (tertiary alicyclic amines) is 1. The number of nitrogens with one attached hydrogen (secondary N) is 1. The number of aryl methyl sites for hydroxylation is 1. The van der Waals surface area contributed by atoms with Crippen molar-refractivity contribution in [2.45, 2.75) is 44.7 Å². The lowest BCUT2D eigenvalue weighted by Gasteiger charge is -2.32. The van der Waals surface area contributed by atoms with E-state index in [1.54, 1.807) is 0 Å². The summed E-state index contributed by atoms with van der Waals surface area (Å²) in [4.78, 5) is 14.7. The highest BCUT2D eigenvalue weighted by molar-refractivity contribution is 5.94. The van der Waals surface area contributed by atoms with E-state index in [2.05, 4.69) is 10.2 Å². The highest BCUT2D eigenvalue weighted by atomic mass is 16.1. The Morgan fingerprint density at radius 1 is 1.21 bits per heavy atom. The predicted octanol–water partition coefficient (Wildman–Crippen LogP) is 2.35. The van der Waals surface area contributed by atoms with Crippen molar-refractivity contribution in [2.24, 2.45) is 0 Å². The van der Waals surface area contributed by atoms with Crippen LogP contribution in [0, 0.1) is 6.92 Å². The van der Waals surface area contributed by atoms with Crippen LogP contribution >= 0.6 is 0 Å². The van der Waals surface area contributed by atoms with Crippen molar-refractivity contribution < 1.29 is 4.79 Å². The fourth-order valence-corrected chi connectivity index (χ4v) is 2.90. The average molecular weight is 258 g/mol. The van der Waals surface area contributed by atoms with E-state index in [0.717, 1.165) is 43.1 Å². The van der Waals surface area contributed by atoms with Crippen LogP contribution in [0.2, 0.25) is 0 Å². The maximum absolute atomic E-state index is 12.2. The average Bonchev–Trinajstić information content (AvgIpc) is 3.24. The summed E-state index contributed by atoms with van der Waals surface area (Å²) < 4.78 is 0. The number of piperidine rings is 1. The summed E-state index contributed by atoms with van der Waals surface area (Å²) in [5.41, 5.74) is 1.92. The molecule has 2 aliphatic rings. The molecule has 1 amide bonds. The first-order valence-electron chi connectivity index (χ1n) is 7.34. The number of carbonyl (C=O) groups is 1. The minimum atomic E-state index is 0.0774. The zero-order valence-corrected chi connectivity index (χ0v) is 11.6. The Morgan fingerprint density at radius 3 is 2.58 bits per heavy atom. The van der Waals surface area contributed by atoms with Crippen molar-refractivity contribution in [1.82, 2.24) is 10.2 Å². The summed E-state index contributed by atoms with van der Waals surface area (Å²) in [5, 5.41) is 3.18. The molecule has 3 nitrogen and oxygen atoms in total. The maximum atomic E-state index is 12.2. The van der Waals surface area contributed by atoms with Gasteiger partial charge in [0.2, 0.25) is 0 Å². The van der Waals surface area contributed by atoms with Crippen molar-refractivity contribution in [3.05, 3.63) is 35.4 Å². The van der Waals surface area contributed by atoms with Crippen molar-refractivity contribution >= 4 is 5.91 Å². The van der Waals surface area contributed by atoms with Gasteiger partial charge in [0, 0.05) is 30.7 Å². The molecule has 0 atom stereocenters. The van der Waals surface area contributed by atoms with E-state index >= 15 is 0 Å². The molecule has 1 N–H and O–H groups in total. The molecule has 0 bridgehead atoms. The van der Waals surface area contributed by atoms with Gasteiger partial charge in [-0.05, 0) is 44.7 Å². The number of hydrogen-bond donors (Lipinski definition) is 1. The Balaban J connectivity index is 1.52. The van der Waals surface area contributed by atoms with Crippen LogP contribution in [0.4, 0.5) is 0 Å². The molecule has 2 fully saturated rings. The molecule has 3 rings (SSSR count). The molecule has 1 aliphatic carbocycles. The second-order valence-electron chi connectivity index (χ2n) is 5.88. The minimum absolute atomic E-state index is 0.0774. The molecule has 19 heavy (non-hydrogen) atoms. The first-order chi connectivity index (χ1) is 9.22. The van der Waals surface area contributed by atoms with Crippen molar-refractivity contribution in [1.29, 1.82) is 0 Å². The van der Waals surface area contributed by atoms with E-state index in [9.17, 15) is 4.79 Å². The molecule has 0 aromatic heterocycles. The van der Waals surface area contributed by atoms with Crippen LogP contribution in [0.1, 0.15) is 41.6 Å². The Hall–Kier alpha value is -1.35. The number of hydrogen-bond acceptors (Lipinski definition) is 2. The molecule has 0 unspecified atom stereocenters. The molecule has 3 heteroatoms. The molecular formula is C16H22N2O. The van der Waals surface area contributed by atoms with Crippen LogP contribution in [0.5, 0.6) is 0 Å². The minimum Gasteiger partial charge on any atom is -0.349 e. The number of amides is 1. The quantitative estimate of drug-likeness (QED) is 0.902. The SMILES string of the molecule is Cc1cccc(C(=O)NC2CCN(C3CC3)CC2)c1. The van der Waals surface area contributed by atoms with Crippen LogP contribution in [0.3, 0.4) is 0 Å². The third kappa shape index (κ3) is 3.16. The second-order valence-corrected chi connectivity index (χ2v) is 5.88. The lowest BCUT2D eigenvalue weighted by Crippen LogP contribution is -2.45. The molecule has 1 saturated heterocycles. The lowest BCUT2D eigenvalue weighted by molar-refractivity contribution is 0.0909. The van der Waals surface area contributed by atoms with E-state index in [4.69, 9.17) is 0 Å². The number of carbonyl (C=O) groups excluding carboxylic acids is 1. The van der Waals surface area contributed by atoms with Gasteiger partial charge in [0.1, 0.15) is 0 Å². The third-order valence-electron chi connectivity index (χ3n) is 4.21. The van der Waals surface area contributed by atoms with Crippen LogP contribution in [-0.2, 0) is 0 Å². The Kier molecular flexibility index (Phi) is 3.56. The molecule has 1 aliphatic heterocycles. The van der Waals surface area contributed by atoms with Gasteiger partial charge in [0.25, 0.3) is 5.91 Å². The number of nitrogens with zero attached hydrogens (tertiary/aromatic N) is 1. The standard InChI is InChI=1S/C16H22N2O/c1-12-3-2-4-13(11-12)16(19)17-14-7-9-18(10-8-14)15-5-6-15/h2-4,11,14-15H,5-10H2,1H3,(H,17,19). The normalized spacial score (nSPS) is 21.3. The van der Waals surface area contributed by atoms with Crippen molar-refractivity contribution in [3.63, 3.8) is 0 Å². The smallest absolute Gasteiger partial charge is 0.251 e. The van der Waals surface area contributed by atoms with Gasteiger partial charge in [-0.2, -0.15) is 0 Å². The van der Waals surface area contributed by atoms with Gasteiger partial charge in [-0.25, -0.2) is 0 Å². The predicted molar refractivity (Wildman–Crippen MR) is 76.3 cm³/mol. The molecular weight excluding hydrogens is 236 g/mol. The summed E-state index contributed by atoms with van der Waals surface area (Å²) in [6.07, 6.45) is 4.93. The summed E-state index contributed by atoms with van der Waals surface area (Å²) in [6.45, 7) is 4.30. The molecule has 0 spiro atoms. The van der Waals surface area contributed by atoms with Crippen molar-refractivity contribution in [2.75, 3.05) is 13.1 Å². The van der Waals surface area contributed by atoms with Crippen LogP contribution in [-0.4, -0.2) is 36.0 Å². The molecule has 1 aromatic rings. The van der Waals surface area contributed by atoms with Gasteiger partial charge in [0.15, 0.2) is 0 Å². The van der Waals surface area contributed by atoms with Gasteiger partial charge >= 0.3 is 0 Å². The van der Waals surface area contributed by atoms with E-state index in [1.165, 1.54) is 12.8 Å².